The van der Waals surface area contributed by atoms with E-state index in [2.05, 4.69) is 0 Å². The van der Waals surface area contributed by atoms with Crippen LogP contribution in [0, 0.1) is 5.92 Å². The van der Waals surface area contributed by atoms with E-state index in [4.69, 9.17) is 14.2 Å². The normalized spacial score (nSPS) is 33.0. The van der Waals surface area contributed by atoms with Crippen molar-refractivity contribution in [1.82, 2.24) is 0 Å². The van der Waals surface area contributed by atoms with Crippen molar-refractivity contribution in [2.45, 2.75) is 95.4 Å². The van der Waals surface area contributed by atoms with Crippen LogP contribution < -0.4 is 0 Å². The van der Waals surface area contributed by atoms with E-state index in [0.717, 1.165) is 51.4 Å². The number of esters is 2. The molecule has 0 aromatic heterocycles. The molecule has 0 radical (unpaired) electrons. The van der Waals surface area contributed by atoms with Crippen LogP contribution in [0.25, 0.3) is 0 Å². The molecule has 0 aromatic rings. The predicted molar refractivity (Wildman–Crippen MR) is 88.4 cm³/mol. The Kier molecular flexibility index (Phi) is 6.52. The predicted octanol–water partition coefficient (Wildman–Crippen LogP) is 3.53. The van der Waals surface area contributed by atoms with Gasteiger partial charge in [0.05, 0.1) is 24.7 Å². The van der Waals surface area contributed by atoms with E-state index in [1.165, 1.54) is 19.3 Å². The lowest BCUT2D eigenvalue weighted by Gasteiger charge is -2.10. The van der Waals surface area contributed by atoms with Crippen LogP contribution in [0.3, 0.4) is 0 Å². The van der Waals surface area contributed by atoms with Crippen molar-refractivity contribution < 1.29 is 23.8 Å². The molecule has 3 aliphatic rings. The molecule has 0 saturated carbocycles. The molecule has 3 rings (SSSR count). The molecule has 3 fully saturated rings. The largest absolute Gasteiger partial charge is 0.465 e. The Balaban J connectivity index is 1.19. The zero-order chi connectivity index (χ0) is 16.8. The highest BCUT2D eigenvalue weighted by atomic mass is 16.6. The molecule has 3 aliphatic heterocycles. The first-order valence-corrected chi connectivity index (χ1v) is 9.74. The number of epoxide rings is 1. The summed E-state index contributed by atoms with van der Waals surface area (Å²) in [6.45, 7) is 0.588. The van der Waals surface area contributed by atoms with Gasteiger partial charge in [-0.3, -0.25) is 9.59 Å². The Morgan fingerprint density at radius 3 is 2.54 bits per heavy atom. The molecule has 0 aliphatic carbocycles. The van der Waals surface area contributed by atoms with Crippen molar-refractivity contribution in [2.75, 3.05) is 6.61 Å². The third kappa shape index (κ3) is 5.47. The van der Waals surface area contributed by atoms with Crippen molar-refractivity contribution in [1.29, 1.82) is 0 Å². The number of ether oxygens (including phenoxy) is 3. The molecule has 0 aromatic carbocycles. The fraction of sp³-hybridized carbons (Fsp3) is 0.895. The molecule has 0 N–H and O–H groups in total. The summed E-state index contributed by atoms with van der Waals surface area (Å²) in [5.41, 5.74) is 0. The maximum atomic E-state index is 11.8. The number of rotatable bonds is 9. The van der Waals surface area contributed by atoms with Gasteiger partial charge in [-0.05, 0) is 51.4 Å². The van der Waals surface area contributed by atoms with Crippen LogP contribution in [-0.2, 0) is 23.8 Å². The van der Waals surface area contributed by atoms with Gasteiger partial charge in [-0.25, -0.2) is 0 Å². The summed E-state index contributed by atoms with van der Waals surface area (Å²) in [6.07, 6.45) is 13.0. The SMILES string of the molecule is O=C1CCC(CCCCCCC2OC2CC2CCCCOC2=O)O1. The summed E-state index contributed by atoms with van der Waals surface area (Å²) >= 11 is 0. The van der Waals surface area contributed by atoms with Crippen molar-refractivity contribution in [2.24, 2.45) is 5.92 Å². The number of hydrogen-bond donors (Lipinski definition) is 0. The molecule has 3 heterocycles. The highest BCUT2D eigenvalue weighted by Gasteiger charge is 2.41. The molecular formula is C19H30O5. The fourth-order valence-electron chi connectivity index (χ4n) is 3.89. The number of carbonyl (C=O) groups is 2. The van der Waals surface area contributed by atoms with Crippen molar-refractivity contribution >= 4 is 11.9 Å². The van der Waals surface area contributed by atoms with Gasteiger partial charge < -0.3 is 14.2 Å². The fourth-order valence-corrected chi connectivity index (χ4v) is 3.89. The van der Waals surface area contributed by atoms with Gasteiger partial charge in [-0.15, -0.1) is 0 Å². The third-order valence-corrected chi connectivity index (χ3v) is 5.46. The molecule has 136 valence electrons. The summed E-state index contributed by atoms with van der Waals surface area (Å²) < 4.78 is 16.2. The van der Waals surface area contributed by atoms with Gasteiger partial charge in [0, 0.05) is 6.42 Å². The van der Waals surface area contributed by atoms with Gasteiger partial charge in [0.15, 0.2) is 0 Å². The second kappa shape index (κ2) is 8.84. The summed E-state index contributed by atoms with van der Waals surface area (Å²) in [4.78, 5) is 22.9. The maximum absolute atomic E-state index is 11.8. The van der Waals surface area contributed by atoms with Gasteiger partial charge in [-0.2, -0.15) is 0 Å². The Morgan fingerprint density at radius 2 is 1.75 bits per heavy atom. The number of hydrogen-bond acceptors (Lipinski definition) is 5. The van der Waals surface area contributed by atoms with E-state index in [9.17, 15) is 9.59 Å². The lowest BCUT2D eigenvalue weighted by molar-refractivity contribution is -0.147. The average Bonchev–Trinajstić information content (AvgIpc) is 3.23. The molecule has 5 nitrogen and oxygen atoms in total. The minimum Gasteiger partial charge on any atom is -0.465 e. The Bertz CT molecular complexity index is 435. The van der Waals surface area contributed by atoms with Gasteiger partial charge in [0.25, 0.3) is 0 Å². The minimum absolute atomic E-state index is 0.0191. The Hall–Kier alpha value is -1.10. The van der Waals surface area contributed by atoms with E-state index in [0.29, 0.717) is 19.1 Å². The molecule has 5 heteroatoms. The summed E-state index contributed by atoms with van der Waals surface area (Å²) in [7, 11) is 0. The molecule has 4 unspecified atom stereocenters. The highest BCUT2D eigenvalue weighted by Crippen LogP contribution is 2.35. The van der Waals surface area contributed by atoms with Gasteiger partial charge in [-0.1, -0.05) is 19.3 Å². The molecule has 3 saturated heterocycles. The topological polar surface area (TPSA) is 65.1 Å². The van der Waals surface area contributed by atoms with Crippen molar-refractivity contribution in [3.63, 3.8) is 0 Å². The van der Waals surface area contributed by atoms with Crippen molar-refractivity contribution in [3.8, 4) is 0 Å². The van der Waals surface area contributed by atoms with E-state index in [-0.39, 0.29) is 30.1 Å². The molecular weight excluding hydrogens is 308 g/mol. The van der Waals surface area contributed by atoms with E-state index >= 15 is 0 Å². The Labute approximate surface area is 144 Å². The van der Waals surface area contributed by atoms with E-state index in [1.54, 1.807) is 0 Å². The first-order valence-electron chi connectivity index (χ1n) is 9.74. The average molecular weight is 338 g/mol. The lowest BCUT2D eigenvalue weighted by atomic mass is 9.95. The first kappa shape index (κ1) is 17.7. The van der Waals surface area contributed by atoms with Crippen LogP contribution >= 0.6 is 0 Å². The lowest BCUT2D eigenvalue weighted by Crippen LogP contribution is -2.18. The Morgan fingerprint density at radius 1 is 0.917 bits per heavy atom. The summed E-state index contributed by atoms with van der Waals surface area (Å²) in [5, 5.41) is 0. The minimum atomic E-state index is -0.0329. The number of unbranched alkanes of at least 4 members (excludes halogenated alkanes) is 3. The van der Waals surface area contributed by atoms with Crippen LogP contribution in [-0.4, -0.2) is 36.9 Å². The van der Waals surface area contributed by atoms with Gasteiger partial charge in [0.1, 0.15) is 6.10 Å². The van der Waals surface area contributed by atoms with E-state index in [1.807, 2.05) is 0 Å². The first-order chi connectivity index (χ1) is 11.7. The zero-order valence-corrected chi connectivity index (χ0v) is 14.5. The van der Waals surface area contributed by atoms with Crippen LogP contribution in [0.2, 0.25) is 0 Å². The second-order valence-electron chi connectivity index (χ2n) is 7.45. The van der Waals surface area contributed by atoms with Gasteiger partial charge >= 0.3 is 11.9 Å². The monoisotopic (exact) mass is 338 g/mol. The smallest absolute Gasteiger partial charge is 0.309 e. The van der Waals surface area contributed by atoms with Crippen LogP contribution in [0.5, 0.6) is 0 Å². The van der Waals surface area contributed by atoms with Crippen LogP contribution in [0.4, 0.5) is 0 Å². The van der Waals surface area contributed by atoms with Gasteiger partial charge in [0.2, 0.25) is 0 Å². The second-order valence-corrected chi connectivity index (χ2v) is 7.45. The quantitative estimate of drug-likeness (QED) is 0.365. The van der Waals surface area contributed by atoms with Crippen LogP contribution in [0.15, 0.2) is 0 Å². The third-order valence-electron chi connectivity index (χ3n) is 5.46. The summed E-state index contributed by atoms with van der Waals surface area (Å²) in [6, 6.07) is 0. The molecule has 0 amide bonds. The molecule has 0 bridgehead atoms. The maximum Gasteiger partial charge on any atom is 0.309 e. The summed E-state index contributed by atoms with van der Waals surface area (Å²) in [5.74, 6) is 0.000426. The standard InChI is InChI=1S/C19H30O5/c20-18-11-10-15(23-18)8-3-1-2-4-9-16-17(24-16)13-14-7-5-6-12-22-19(14)21/h14-17H,1-13H2. The number of cyclic esters (lactones) is 2. The number of carbonyl (C=O) groups excluding carboxylic acids is 2. The van der Waals surface area contributed by atoms with Crippen molar-refractivity contribution in [3.05, 3.63) is 0 Å². The molecule has 4 atom stereocenters. The zero-order valence-electron chi connectivity index (χ0n) is 14.5. The molecule has 24 heavy (non-hydrogen) atoms. The highest BCUT2D eigenvalue weighted by molar-refractivity contribution is 5.72. The van der Waals surface area contributed by atoms with Crippen LogP contribution in [0.1, 0.15) is 77.0 Å². The molecule has 0 spiro atoms. The van der Waals surface area contributed by atoms with E-state index < -0.39 is 0 Å².